The zero-order valence-electron chi connectivity index (χ0n) is 17.2. The highest BCUT2D eigenvalue weighted by Gasteiger charge is 2.48. The number of phenols is 1. The van der Waals surface area contributed by atoms with Gasteiger partial charge in [-0.2, -0.15) is 0 Å². The molecule has 0 radical (unpaired) electrons. The zero-order valence-corrected chi connectivity index (χ0v) is 17.2. The van der Waals surface area contributed by atoms with Gasteiger partial charge in [-0.1, -0.05) is 0 Å². The molecule has 154 valence electrons. The average Bonchev–Trinajstić information content (AvgIpc) is 2.70. The van der Waals surface area contributed by atoms with E-state index in [1.54, 1.807) is 20.3 Å². The summed E-state index contributed by atoms with van der Waals surface area (Å²) in [5, 5.41) is 11.0. The molecule has 1 N–H and O–H groups in total. The number of ether oxygens (including phenoxy) is 4. The summed E-state index contributed by atoms with van der Waals surface area (Å²) in [5.41, 5.74) is 1.37. The van der Waals surface area contributed by atoms with Crippen LogP contribution in [-0.2, 0) is 24.8 Å². The Kier molecular flexibility index (Phi) is 5.98. The number of allylic oxidation sites excluding steroid dienone is 1. The molecule has 2 heterocycles. The number of nitrogens with zero attached hydrogens (tertiary/aromatic N) is 1. The standard InChI is InChI=1S/C21H29NO6/c1-22-11-10-13-12-15(23)16(25-2)8-9-18(22)21(27-4,28-5)14-6-7-17(26-3)20(24)19(13)14/h6-8,13,18,24H,9-12H2,1-5H3. The predicted octanol–water partition coefficient (Wildman–Crippen LogP) is 2.53. The van der Waals surface area contributed by atoms with Gasteiger partial charge in [0, 0.05) is 31.8 Å². The molecule has 7 heteroatoms. The zero-order chi connectivity index (χ0) is 20.5. The van der Waals surface area contributed by atoms with Crippen molar-refractivity contribution in [2.24, 2.45) is 0 Å². The maximum absolute atomic E-state index is 12.8. The highest BCUT2D eigenvalue weighted by atomic mass is 16.7. The Morgan fingerprint density at radius 1 is 1.14 bits per heavy atom. The van der Waals surface area contributed by atoms with Gasteiger partial charge in [0.2, 0.25) is 5.79 Å². The van der Waals surface area contributed by atoms with Gasteiger partial charge in [-0.15, -0.1) is 0 Å². The van der Waals surface area contributed by atoms with Crippen molar-refractivity contribution in [3.05, 3.63) is 35.1 Å². The number of carbonyl (C=O) groups is 1. The number of phenolic OH excluding ortho intramolecular Hbond substituents is 1. The first-order chi connectivity index (χ1) is 13.4. The number of carbonyl (C=O) groups excluding carboxylic acids is 1. The lowest BCUT2D eigenvalue weighted by Crippen LogP contribution is -2.54. The van der Waals surface area contributed by atoms with Crippen LogP contribution in [0.5, 0.6) is 11.5 Å². The number of hydrogen-bond donors (Lipinski definition) is 1. The number of aromatic hydroxyl groups is 1. The van der Waals surface area contributed by atoms with Gasteiger partial charge in [0.15, 0.2) is 23.0 Å². The minimum atomic E-state index is -1.12. The number of methoxy groups -OCH3 is 4. The van der Waals surface area contributed by atoms with Gasteiger partial charge >= 0.3 is 0 Å². The molecule has 2 unspecified atom stereocenters. The van der Waals surface area contributed by atoms with Crippen LogP contribution < -0.4 is 4.74 Å². The molecular weight excluding hydrogens is 362 g/mol. The van der Waals surface area contributed by atoms with Gasteiger partial charge < -0.3 is 24.1 Å². The molecule has 0 amide bonds. The van der Waals surface area contributed by atoms with E-state index in [0.29, 0.717) is 29.9 Å². The van der Waals surface area contributed by atoms with Crippen molar-refractivity contribution in [1.29, 1.82) is 0 Å². The van der Waals surface area contributed by atoms with Crippen molar-refractivity contribution in [3.63, 3.8) is 0 Å². The Morgan fingerprint density at radius 2 is 1.86 bits per heavy atom. The third-order valence-corrected chi connectivity index (χ3v) is 6.04. The fourth-order valence-electron chi connectivity index (χ4n) is 4.57. The van der Waals surface area contributed by atoms with Gasteiger partial charge in [0.1, 0.15) is 0 Å². The summed E-state index contributed by atoms with van der Waals surface area (Å²) in [6.07, 6.45) is 3.22. The average molecular weight is 391 g/mol. The number of Topliss-reactive ketones (excluding diaryl/α,β-unsaturated/α-hetero) is 1. The van der Waals surface area contributed by atoms with Crippen LogP contribution in [0.4, 0.5) is 0 Å². The van der Waals surface area contributed by atoms with Crippen LogP contribution >= 0.6 is 0 Å². The molecule has 2 aliphatic heterocycles. The minimum Gasteiger partial charge on any atom is -0.504 e. The van der Waals surface area contributed by atoms with Crippen LogP contribution in [0.25, 0.3) is 0 Å². The molecule has 0 saturated carbocycles. The molecule has 1 aliphatic carbocycles. The van der Waals surface area contributed by atoms with Gasteiger partial charge in [0.25, 0.3) is 0 Å². The number of likely N-dealkylation sites (N-methyl/N-ethyl adjacent to an activating group) is 1. The minimum absolute atomic E-state index is 0.0306. The summed E-state index contributed by atoms with van der Waals surface area (Å²) in [7, 11) is 8.24. The maximum atomic E-state index is 12.8. The molecule has 1 aromatic carbocycles. The van der Waals surface area contributed by atoms with Crippen LogP contribution in [0, 0.1) is 0 Å². The van der Waals surface area contributed by atoms with E-state index in [2.05, 4.69) is 4.90 Å². The number of ketones is 1. The fraction of sp³-hybridized carbons (Fsp3) is 0.571. The largest absolute Gasteiger partial charge is 0.504 e. The van der Waals surface area contributed by atoms with Crippen molar-refractivity contribution in [3.8, 4) is 11.5 Å². The summed E-state index contributed by atoms with van der Waals surface area (Å²) >= 11 is 0. The molecule has 2 atom stereocenters. The van der Waals surface area contributed by atoms with Crippen LogP contribution in [0.3, 0.4) is 0 Å². The summed E-state index contributed by atoms with van der Waals surface area (Å²) < 4.78 is 22.7. The lowest BCUT2D eigenvalue weighted by molar-refractivity contribution is -0.253. The molecule has 2 bridgehead atoms. The van der Waals surface area contributed by atoms with Crippen molar-refractivity contribution >= 4 is 5.78 Å². The summed E-state index contributed by atoms with van der Waals surface area (Å²) in [5.74, 6) is -0.710. The molecule has 0 saturated heterocycles. The molecule has 28 heavy (non-hydrogen) atoms. The topological polar surface area (TPSA) is 77.5 Å². The lowest BCUT2D eigenvalue weighted by atomic mass is 9.78. The fourth-order valence-corrected chi connectivity index (χ4v) is 4.57. The second kappa shape index (κ2) is 8.11. The normalized spacial score (nSPS) is 24.9. The van der Waals surface area contributed by atoms with Crippen LogP contribution in [0.1, 0.15) is 36.3 Å². The number of fused-ring (bicyclic) bond motifs is 5. The molecule has 4 rings (SSSR count). The van der Waals surface area contributed by atoms with Crippen molar-refractivity contribution < 1.29 is 28.8 Å². The molecule has 3 aliphatic rings. The Labute approximate surface area is 165 Å². The van der Waals surface area contributed by atoms with E-state index in [1.807, 2.05) is 19.2 Å². The maximum Gasteiger partial charge on any atom is 0.211 e. The first-order valence-corrected chi connectivity index (χ1v) is 9.41. The van der Waals surface area contributed by atoms with Crippen LogP contribution in [0.2, 0.25) is 0 Å². The van der Waals surface area contributed by atoms with E-state index >= 15 is 0 Å². The van der Waals surface area contributed by atoms with Crippen molar-refractivity contribution in [2.45, 2.75) is 37.0 Å². The summed E-state index contributed by atoms with van der Waals surface area (Å²) in [6.45, 7) is 0.726. The van der Waals surface area contributed by atoms with Crippen LogP contribution in [0.15, 0.2) is 24.0 Å². The summed E-state index contributed by atoms with van der Waals surface area (Å²) in [4.78, 5) is 15.0. The third kappa shape index (κ3) is 3.17. The second-order valence-corrected chi connectivity index (χ2v) is 7.27. The molecule has 0 spiro atoms. The van der Waals surface area contributed by atoms with E-state index < -0.39 is 5.79 Å². The molecular formula is C21H29NO6. The molecule has 0 aromatic heterocycles. The predicted molar refractivity (Wildman–Crippen MR) is 103 cm³/mol. The molecule has 0 fully saturated rings. The summed E-state index contributed by atoms with van der Waals surface area (Å²) in [6, 6.07) is 3.35. The third-order valence-electron chi connectivity index (χ3n) is 6.04. The van der Waals surface area contributed by atoms with Gasteiger partial charge in [-0.25, -0.2) is 0 Å². The number of rotatable bonds is 4. The Balaban J connectivity index is 2.35. The Morgan fingerprint density at radius 3 is 2.46 bits per heavy atom. The molecule has 7 nitrogen and oxygen atoms in total. The van der Waals surface area contributed by atoms with E-state index in [4.69, 9.17) is 18.9 Å². The quantitative estimate of drug-likeness (QED) is 0.790. The van der Waals surface area contributed by atoms with Gasteiger partial charge in [-0.3, -0.25) is 9.69 Å². The van der Waals surface area contributed by atoms with Crippen LogP contribution in [-0.4, -0.2) is 63.9 Å². The van der Waals surface area contributed by atoms with E-state index in [-0.39, 0.29) is 29.9 Å². The van der Waals surface area contributed by atoms with Crippen molar-refractivity contribution in [2.75, 3.05) is 42.0 Å². The monoisotopic (exact) mass is 391 g/mol. The second-order valence-electron chi connectivity index (χ2n) is 7.27. The highest BCUT2D eigenvalue weighted by molar-refractivity contribution is 5.94. The lowest BCUT2D eigenvalue weighted by Gasteiger charge is -2.46. The number of benzene rings is 1. The number of hydrogen-bond acceptors (Lipinski definition) is 7. The van der Waals surface area contributed by atoms with E-state index in [9.17, 15) is 9.90 Å². The Bertz CT molecular complexity index is 770. The first-order valence-electron chi connectivity index (χ1n) is 9.41. The van der Waals surface area contributed by atoms with Gasteiger partial charge in [0.05, 0.1) is 20.3 Å². The van der Waals surface area contributed by atoms with E-state index in [1.165, 1.54) is 14.2 Å². The van der Waals surface area contributed by atoms with Gasteiger partial charge in [-0.05, 0) is 50.6 Å². The first kappa shape index (κ1) is 20.6. The SMILES string of the molecule is COC1=CCC2N(C)CCC(CC1=O)c1c(ccc(OC)c1O)C2(OC)OC. The smallest absolute Gasteiger partial charge is 0.211 e. The van der Waals surface area contributed by atoms with Crippen molar-refractivity contribution in [1.82, 2.24) is 4.90 Å². The Hall–Kier alpha value is -2.09. The molecule has 1 aromatic rings. The highest BCUT2D eigenvalue weighted by Crippen LogP contribution is 2.49. The van der Waals surface area contributed by atoms with E-state index in [0.717, 1.165) is 12.1 Å².